The third-order valence-electron chi connectivity index (χ3n) is 2.71. The lowest BCUT2D eigenvalue weighted by Crippen LogP contribution is -2.40. The Morgan fingerprint density at radius 1 is 1.43 bits per heavy atom. The van der Waals surface area contributed by atoms with Crippen LogP contribution >= 0.6 is 0 Å². The lowest BCUT2D eigenvalue weighted by Gasteiger charge is -2.14. The fraction of sp³-hybridized carbons (Fsp3) is 0.462. The third-order valence-corrected chi connectivity index (χ3v) is 3.52. The molecular formula is C13H19N3O4S. The van der Waals surface area contributed by atoms with Crippen LogP contribution < -0.4 is 10.6 Å². The van der Waals surface area contributed by atoms with Crippen molar-refractivity contribution in [1.29, 1.82) is 0 Å². The molecule has 1 heterocycles. The van der Waals surface area contributed by atoms with Crippen LogP contribution in [-0.4, -0.2) is 44.4 Å². The van der Waals surface area contributed by atoms with Gasteiger partial charge in [-0.05, 0) is 25.0 Å². The smallest absolute Gasteiger partial charge is 0.354 e. The third kappa shape index (κ3) is 6.84. The van der Waals surface area contributed by atoms with Crippen LogP contribution in [-0.2, 0) is 17.3 Å². The van der Waals surface area contributed by atoms with E-state index in [1.165, 1.54) is 12.3 Å². The van der Waals surface area contributed by atoms with Gasteiger partial charge in [-0.15, -0.1) is 0 Å². The Morgan fingerprint density at radius 3 is 2.67 bits per heavy atom. The van der Waals surface area contributed by atoms with Crippen molar-refractivity contribution in [1.82, 2.24) is 15.6 Å². The molecule has 0 fully saturated rings. The molecule has 0 saturated carbocycles. The lowest BCUT2D eigenvalue weighted by molar-refractivity contribution is 0.0690. The molecule has 3 N–H and O–H groups in total. The Labute approximate surface area is 125 Å². The van der Waals surface area contributed by atoms with Crippen molar-refractivity contribution in [2.24, 2.45) is 0 Å². The first-order valence-electron chi connectivity index (χ1n) is 6.41. The standard InChI is InChI=1S/C13H19N3O4S/c1-9(5-6-21(2)20)16-13(19)15-8-10-3-4-11(12(17)18)14-7-10/h3-4,7,9H,5-6,8H2,1-2H3,(H,17,18)(H2,15,16,19). The molecule has 0 radical (unpaired) electrons. The van der Waals surface area contributed by atoms with Crippen LogP contribution in [0, 0.1) is 0 Å². The molecule has 1 aromatic rings. The Bertz CT molecular complexity index is 519. The van der Waals surface area contributed by atoms with Gasteiger partial charge in [0, 0.05) is 41.6 Å². The molecule has 0 aliphatic heterocycles. The van der Waals surface area contributed by atoms with Crippen molar-refractivity contribution >= 4 is 22.8 Å². The summed E-state index contributed by atoms with van der Waals surface area (Å²) in [6.45, 7) is 2.10. The normalized spacial score (nSPS) is 13.2. The molecule has 2 unspecified atom stereocenters. The van der Waals surface area contributed by atoms with E-state index in [-0.39, 0.29) is 24.3 Å². The van der Waals surface area contributed by atoms with Gasteiger partial charge in [0.2, 0.25) is 0 Å². The van der Waals surface area contributed by atoms with Crippen LogP contribution in [0.5, 0.6) is 0 Å². The minimum atomic E-state index is -1.09. The zero-order chi connectivity index (χ0) is 15.8. The molecule has 1 aromatic heterocycles. The zero-order valence-electron chi connectivity index (χ0n) is 12.0. The zero-order valence-corrected chi connectivity index (χ0v) is 12.8. The highest BCUT2D eigenvalue weighted by Crippen LogP contribution is 2.00. The van der Waals surface area contributed by atoms with Gasteiger partial charge < -0.3 is 15.7 Å². The van der Waals surface area contributed by atoms with Crippen molar-refractivity contribution in [3.63, 3.8) is 0 Å². The van der Waals surface area contributed by atoms with E-state index in [9.17, 15) is 13.8 Å². The van der Waals surface area contributed by atoms with E-state index in [2.05, 4.69) is 15.6 Å². The quantitative estimate of drug-likeness (QED) is 0.688. The minimum Gasteiger partial charge on any atom is -0.477 e. The molecule has 1 rings (SSSR count). The fourth-order valence-electron chi connectivity index (χ4n) is 1.53. The van der Waals surface area contributed by atoms with Crippen LogP contribution in [0.2, 0.25) is 0 Å². The van der Waals surface area contributed by atoms with Crippen LogP contribution in [0.1, 0.15) is 29.4 Å². The SMILES string of the molecule is CC(CCS(C)=O)NC(=O)NCc1ccc(C(=O)O)nc1. The number of nitrogens with one attached hydrogen (secondary N) is 2. The van der Waals surface area contributed by atoms with Crippen molar-refractivity contribution in [2.45, 2.75) is 25.9 Å². The van der Waals surface area contributed by atoms with Gasteiger partial charge in [-0.25, -0.2) is 14.6 Å². The summed E-state index contributed by atoms with van der Waals surface area (Å²) in [6, 6.07) is 2.59. The topological polar surface area (TPSA) is 108 Å². The van der Waals surface area contributed by atoms with Crippen molar-refractivity contribution < 1.29 is 18.9 Å². The molecule has 21 heavy (non-hydrogen) atoms. The fourth-order valence-corrected chi connectivity index (χ4v) is 2.21. The van der Waals surface area contributed by atoms with Gasteiger partial charge in [0.25, 0.3) is 0 Å². The van der Waals surface area contributed by atoms with Crippen LogP contribution in [0.4, 0.5) is 4.79 Å². The second kappa shape index (κ2) is 8.35. The second-order valence-corrected chi connectivity index (χ2v) is 6.21. The van der Waals surface area contributed by atoms with E-state index in [0.29, 0.717) is 17.7 Å². The van der Waals surface area contributed by atoms with E-state index in [0.717, 1.165) is 0 Å². The van der Waals surface area contributed by atoms with Crippen molar-refractivity contribution in [3.8, 4) is 0 Å². The van der Waals surface area contributed by atoms with Gasteiger partial charge >= 0.3 is 12.0 Å². The summed E-state index contributed by atoms with van der Waals surface area (Å²) < 4.78 is 11.0. The number of amides is 2. The number of carboxylic acid groups (broad SMARTS) is 1. The molecule has 7 nitrogen and oxygen atoms in total. The maximum Gasteiger partial charge on any atom is 0.354 e. The Balaban J connectivity index is 2.35. The number of aromatic nitrogens is 1. The summed E-state index contributed by atoms with van der Waals surface area (Å²) in [5.74, 6) is -0.545. The summed E-state index contributed by atoms with van der Waals surface area (Å²) in [5, 5.41) is 14.1. The lowest BCUT2D eigenvalue weighted by atomic mass is 10.2. The molecule has 8 heteroatoms. The number of rotatable bonds is 7. The maximum atomic E-state index is 11.6. The van der Waals surface area contributed by atoms with E-state index in [4.69, 9.17) is 5.11 Å². The summed E-state index contributed by atoms with van der Waals surface area (Å²) in [4.78, 5) is 26.0. The first kappa shape index (κ1) is 17.1. The highest BCUT2D eigenvalue weighted by atomic mass is 32.2. The molecule has 0 aromatic carbocycles. The molecule has 2 amide bonds. The number of nitrogens with zero attached hydrogens (tertiary/aromatic N) is 1. The average molecular weight is 313 g/mol. The van der Waals surface area contributed by atoms with Crippen molar-refractivity contribution in [2.75, 3.05) is 12.0 Å². The number of carbonyl (C=O) groups excluding carboxylic acids is 1. The minimum absolute atomic E-state index is 0.0376. The summed E-state index contributed by atoms with van der Waals surface area (Å²) >= 11 is 0. The van der Waals surface area contributed by atoms with Gasteiger partial charge in [0.05, 0.1) is 0 Å². The molecule has 0 saturated heterocycles. The number of urea groups is 1. The van der Waals surface area contributed by atoms with E-state index < -0.39 is 16.8 Å². The second-order valence-electron chi connectivity index (χ2n) is 4.65. The molecule has 0 aliphatic rings. The van der Waals surface area contributed by atoms with Gasteiger partial charge in [0.15, 0.2) is 0 Å². The summed E-state index contributed by atoms with van der Waals surface area (Å²) in [5.41, 5.74) is 0.668. The predicted octanol–water partition coefficient (Wildman–Crippen LogP) is 0.736. The van der Waals surface area contributed by atoms with Gasteiger partial charge in [-0.1, -0.05) is 6.07 Å². The highest BCUT2D eigenvalue weighted by molar-refractivity contribution is 7.84. The molecule has 0 spiro atoms. The van der Waals surface area contributed by atoms with Crippen LogP contribution in [0.25, 0.3) is 0 Å². The number of aromatic carboxylic acids is 1. The average Bonchev–Trinajstić information content (AvgIpc) is 2.43. The monoisotopic (exact) mass is 313 g/mol. The Hall–Kier alpha value is -1.96. The van der Waals surface area contributed by atoms with E-state index in [1.54, 1.807) is 12.3 Å². The maximum absolute atomic E-state index is 11.6. The first-order valence-corrected chi connectivity index (χ1v) is 8.14. The Kier molecular flexibility index (Phi) is 6.80. The highest BCUT2D eigenvalue weighted by Gasteiger charge is 2.08. The summed E-state index contributed by atoms with van der Waals surface area (Å²) in [6.07, 6.45) is 3.68. The predicted molar refractivity (Wildman–Crippen MR) is 79.6 cm³/mol. The van der Waals surface area contributed by atoms with Crippen LogP contribution in [0.3, 0.4) is 0 Å². The van der Waals surface area contributed by atoms with Crippen LogP contribution in [0.15, 0.2) is 18.3 Å². The number of carbonyl (C=O) groups is 2. The van der Waals surface area contributed by atoms with Gasteiger partial charge in [-0.2, -0.15) is 0 Å². The van der Waals surface area contributed by atoms with E-state index >= 15 is 0 Å². The van der Waals surface area contributed by atoms with Gasteiger partial charge in [0.1, 0.15) is 5.69 Å². The first-order chi connectivity index (χ1) is 9.88. The van der Waals surface area contributed by atoms with Crippen molar-refractivity contribution in [3.05, 3.63) is 29.6 Å². The molecular weight excluding hydrogens is 294 g/mol. The number of pyridine rings is 1. The largest absolute Gasteiger partial charge is 0.477 e. The molecule has 116 valence electrons. The Morgan fingerprint density at radius 2 is 2.14 bits per heavy atom. The molecule has 0 aliphatic carbocycles. The summed E-state index contributed by atoms with van der Waals surface area (Å²) in [7, 11) is -0.869. The number of hydrogen-bond acceptors (Lipinski definition) is 4. The molecule has 2 atom stereocenters. The van der Waals surface area contributed by atoms with Gasteiger partial charge in [-0.3, -0.25) is 4.21 Å². The number of carboxylic acids is 1. The number of hydrogen-bond donors (Lipinski definition) is 3. The van der Waals surface area contributed by atoms with E-state index in [1.807, 2.05) is 6.92 Å². The molecule has 0 bridgehead atoms.